The number of likely N-dealkylation sites (tertiary alicyclic amines) is 1. The van der Waals surface area contributed by atoms with Crippen LogP contribution in [0.25, 0.3) is 5.69 Å². The standard InChI is InChI=1S/C27H31N5O2/c1-19-17-20(2)32(30-19)23-8-6-21(7-9-23)26(34)31-15-11-27(12-16-31)18-24(27)25(33)29-14-10-22-5-3-4-13-28-22/h3-9,13,17,24H,10-12,14-16,18H2,1-2H3,(H,29,33)/t24-/m1/s1. The van der Waals surface area contributed by atoms with Gasteiger partial charge in [0.05, 0.1) is 11.4 Å². The Bertz CT molecular complexity index is 1180. The summed E-state index contributed by atoms with van der Waals surface area (Å²) in [6, 6.07) is 15.5. The van der Waals surface area contributed by atoms with Gasteiger partial charge in [0.15, 0.2) is 0 Å². The lowest BCUT2D eigenvalue weighted by atomic mass is 9.90. The lowest BCUT2D eigenvalue weighted by Gasteiger charge is -2.33. The third kappa shape index (κ3) is 4.47. The zero-order chi connectivity index (χ0) is 23.7. The first-order chi connectivity index (χ1) is 16.4. The summed E-state index contributed by atoms with van der Waals surface area (Å²) in [6.45, 7) is 6.02. The molecular weight excluding hydrogens is 426 g/mol. The highest BCUT2D eigenvalue weighted by atomic mass is 16.2. The molecule has 0 bridgehead atoms. The number of carbonyl (C=O) groups excluding carboxylic acids is 2. The van der Waals surface area contributed by atoms with E-state index in [-0.39, 0.29) is 23.1 Å². The number of pyridine rings is 1. The van der Waals surface area contributed by atoms with Gasteiger partial charge in [0.1, 0.15) is 0 Å². The highest BCUT2D eigenvalue weighted by Gasteiger charge is 2.58. The van der Waals surface area contributed by atoms with Crippen molar-refractivity contribution in [3.63, 3.8) is 0 Å². The molecule has 2 amide bonds. The first-order valence-corrected chi connectivity index (χ1v) is 12.1. The molecule has 1 atom stereocenters. The number of rotatable bonds is 6. The van der Waals surface area contributed by atoms with Gasteiger partial charge in [0.2, 0.25) is 5.91 Å². The topological polar surface area (TPSA) is 80.1 Å². The molecule has 0 radical (unpaired) electrons. The molecule has 2 aromatic heterocycles. The second-order valence-electron chi connectivity index (χ2n) is 9.66. The number of carbonyl (C=O) groups is 2. The van der Waals surface area contributed by atoms with Gasteiger partial charge in [0, 0.05) is 55.1 Å². The van der Waals surface area contributed by atoms with Crippen LogP contribution in [0.1, 0.15) is 46.7 Å². The van der Waals surface area contributed by atoms with Crippen molar-refractivity contribution in [3.8, 4) is 5.69 Å². The Balaban J connectivity index is 1.12. The molecule has 3 aromatic rings. The van der Waals surface area contributed by atoms with E-state index >= 15 is 0 Å². The van der Waals surface area contributed by atoms with Crippen molar-refractivity contribution in [1.29, 1.82) is 0 Å². The number of aromatic nitrogens is 3. The predicted molar refractivity (Wildman–Crippen MR) is 130 cm³/mol. The minimum atomic E-state index is 0.0618. The molecule has 7 heteroatoms. The largest absolute Gasteiger partial charge is 0.355 e. The quantitative estimate of drug-likeness (QED) is 0.615. The number of aryl methyl sites for hydroxylation is 2. The van der Waals surface area contributed by atoms with E-state index in [0.717, 1.165) is 48.5 Å². The molecule has 1 saturated carbocycles. The molecule has 0 unspecified atom stereocenters. The van der Waals surface area contributed by atoms with Gasteiger partial charge in [-0.2, -0.15) is 5.10 Å². The van der Waals surface area contributed by atoms with E-state index in [1.165, 1.54) is 0 Å². The van der Waals surface area contributed by atoms with Crippen LogP contribution in [0.15, 0.2) is 54.7 Å². The van der Waals surface area contributed by atoms with Crippen molar-refractivity contribution in [2.45, 2.75) is 39.5 Å². The summed E-state index contributed by atoms with van der Waals surface area (Å²) in [4.78, 5) is 32.0. The minimum absolute atomic E-state index is 0.0618. The van der Waals surface area contributed by atoms with Gasteiger partial charge >= 0.3 is 0 Å². The molecule has 1 aliphatic carbocycles. The second-order valence-corrected chi connectivity index (χ2v) is 9.66. The fourth-order valence-electron chi connectivity index (χ4n) is 5.23. The third-order valence-corrected chi connectivity index (χ3v) is 7.33. The summed E-state index contributed by atoms with van der Waals surface area (Å²) in [6.07, 6.45) is 5.23. The van der Waals surface area contributed by atoms with Crippen LogP contribution in [0.4, 0.5) is 0 Å². The molecule has 2 fully saturated rings. The van der Waals surface area contributed by atoms with Crippen LogP contribution < -0.4 is 5.32 Å². The lowest BCUT2D eigenvalue weighted by Crippen LogP contribution is -2.40. The van der Waals surface area contributed by atoms with Gasteiger partial charge in [-0.3, -0.25) is 14.6 Å². The second kappa shape index (κ2) is 9.05. The van der Waals surface area contributed by atoms with Gasteiger partial charge in [-0.05, 0) is 81.0 Å². The number of piperidine rings is 1. The number of amides is 2. The van der Waals surface area contributed by atoms with Crippen molar-refractivity contribution in [3.05, 3.63) is 77.4 Å². The van der Waals surface area contributed by atoms with Crippen molar-refractivity contribution in [2.24, 2.45) is 11.3 Å². The fourth-order valence-corrected chi connectivity index (χ4v) is 5.23. The summed E-state index contributed by atoms with van der Waals surface area (Å²) < 4.78 is 1.89. The number of hydrogen-bond donors (Lipinski definition) is 1. The summed E-state index contributed by atoms with van der Waals surface area (Å²) in [5.41, 5.74) is 4.75. The fraction of sp³-hybridized carbons (Fsp3) is 0.407. The van der Waals surface area contributed by atoms with Gasteiger partial charge in [-0.1, -0.05) is 6.07 Å². The molecule has 1 saturated heterocycles. The Morgan fingerprint density at radius 1 is 1.09 bits per heavy atom. The summed E-state index contributed by atoms with van der Waals surface area (Å²) in [5.74, 6) is 0.288. The van der Waals surface area contributed by atoms with Crippen molar-refractivity contribution in [2.75, 3.05) is 19.6 Å². The Morgan fingerprint density at radius 2 is 1.85 bits per heavy atom. The van der Waals surface area contributed by atoms with E-state index < -0.39 is 0 Å². The van der Waals surface area contributed by atoms with E-state index in [1.54, 1.807) is 6.20 Å². The Hall–Kier alpha value is -3.48. The van der Waals surface area contributed by atoms with Gasteiger partial charge < -0.3 is 10.2 Å². The van der Waals surface area contributed by atoms with E-state index in [4.69, 9.17) is 0 Å². The third-order valence-electron chi connectivity index (χ3n) is 7.33. The van der Waals surface area contributed by atoms with Crippen molar-refractivity contribution in [1.82, 2.24) is 25.0 Å². The predicted octanol–water partition coefficient (Wildman–Crippen LogP) is 3.49. The SMILES string of the molecule is Cc1cc(C)n(-c2ccc(C(=O)N3CCC4(CC3)C[C@@H]4C(=O)NCCc3ccccn3)cc2)n1. The zero-order valence-electron chi connectivity index (χ0n) is 19.8. The minimum Gasteiger partial charge on any atom is -0.355 e. The smallest absolute Gasteiger partial charge is 0.253 e. The first kappa shape index (κ1) is 22.3. The van der Waals surface area contributed by atoms with Crippen LogP contribution in [0, 0.1) is 25.2 Å². The van der Waals surface area contributed by atoms with Crippen LogP contribution in [0.3, 0.4) is 0 Å². The molecule has 7 nitrogen and oxygen atoms in total. The van der Waals surface area contributed by atoms with Crippen LogP contribution in [0.2, 0.25) is 0 Å². The lowest BCUT2D eigenvalue weighted by molar-refractivity contribution is -0.123. The normalized spacial score (nSPS) is 18.6. The first-order valence-electron chi connectivity index (χ1n) is 12.1. The molecule has 1 spiro atoms. The van der Waals surface area contributed by atoms with Crippen molar-refractivity contribution >= 4 is 11.8 Å². The summed E-state index contributed by atoms with van der Waals surface area (Å²) >= 11 is 0. The Morgan fingerprint density at radius 3 is 2.50 bits per heavy atom. The van der Waals surface area contributed by atoms with E-state index in [1.807, 2.05) is 72.0 Å². The van der Waals surface area contributed by atoms with Crippen LogP contribution >= 0.6 is 0 Å². The molecule has 5 rings (SSSR count). The van der Waals surface area contributed by atoms with Gasteiger partial charge in [0.25, 0.3) is 5.91 Å². The number of nitrogens with zero attached hydrogens (tertiary/aromatic N) is 4. The maximum absolute atomic E-state index is 13.1. The van der Waals surface area contributed by atoms with E-state index in [2.05, 4.69) is 15.4 Å². The molecular formula is C27H31N5O2. The maximum Gasteiger partial charge on any atom is 0.253 e. The average Bonchev–Trinajstić information content (AvgIpc) is 3.45. The maximum atomic E-state index is 13.1. The number of hydrogen-bond acceptors (Lipinski definition) is 4. The van der Waals surface area contributed by atoms with Gasteiger partial charge in [-0.15, -0.1) is 0 Å². The highest BCUT2D eigenvalue weighted by Crippen LogP contribution is 2.59. The molecule has 2 aliphatic rings. The van der Waals surface area contributed by atoms with E-state index in [9.17, 15) is 9.59 Å². The van der Waals surface area contributed by atoms with Gasteiger partial charge in [-0.25, -0.2) is 4.68 Å². The summed E-state index contributed by atoms with van der Waals surface area (Å²) in [5, 5.41) is 7.59. The van der Waals surface area contributed by atoms with Crippen molar-refractivity contribution < 1.29 is 9.59 Å². The molecule has 1 aliphatic heterocycles. The summed E-state index contributed by atoms with van der Waals surface area (Å²) in [7, 11) is 0. The molecule has 34 heavy (non-hydrogen) atoms. The molecule has 3 heterocycles. The molecule has 1 aromatic carbocycles. The van der Waals surface area contributed by atoms with Crippen LogP contribution in [-0.2, 0) is 11.2 Å². The Labute approximate surface area is 200 Å². The van der Waals surface area contributed by atoms with Crippen LogP contribution in [0.5, 0.6) is 0 Å². The highest BCUT2D eigenvalue weighted by molar-refractivity contribution is 5.94. The van der Waals surface area contributed by atoms with E-state index in [0.29, 0.717) is 25.2 Å². The Kier molecular flexibility index (Phi) is 5.94. The molecule has 1 N–H and O–H groups in total. The molecule has 176 valence electrons. The average molecular weight is 458 g/mol. The zero-order valence-corrected chi connectivity index (χ0v) is 19.8. The van der Waals surface area contributed by atoms with Crippen LogP contribution in [-0.4, -0.2) is 51.1 Å². The monoisotopic (exact) mass is 457 g/mol. The number of benzene rings is 1. The number of nitrogens with one attached hydrogen (secondary N) is 1.